The molecule has 0 aliphatic rings. The van der Waals surface area contributed by atoms with Gasteiger partial charge >= 0.3 is 5.69 Å². The lowest BCUT2D eigenvalue weighted by Crippen LogP contribution is -2.48. The van der Waals surface area contributed by atoms with Crippen LogP contribution >= 0.6 is 0 Å². The number of carbonyl (C=O) groups excluding carboxylic acids is 1. The molecular formula is C12H21N5O3. The summed E-state index contributed by atoms with van der Waals surface area (Å²) in [5.41, 5.74) is -1.45. The number of carbonyl (C=O) groups is 1. The molecule has 0 saturated heterocycles. The zero-order chi connectivity index (χ0) is 15.7. The maximum Gasteiger partial charge on any atom is 0.346 e. The number of rotatable bonds is 3. The molecule has 0 aromatic carbocycles. The number of hydrogen-bond acceptors (Lipinski definition) is 5. The van der Waals surface area contributed by atoms with Crippen molar-refractivity contribution in [1.29, 1.82) is 0 Å². The van der Waals surface area contributed by atoms with E-state index in [1.165, 1.54) is 14.1 Å². The van der Waals surface area contributed by atoms with E-state index in [0.29, 0.717) is 0 Å². The average molecular weight is 283 g/mol. The summed E-state index contributed by atoms with van der Waals surface area (Å²) in [5, 5.41) is 9.35. The lowest BCUT2D eigenvalue weighted by atomic mass is 10.1. The number of anilines is 1. The van der Waals surface area contributed by atoms with Gasteiger partial charge in [0.15, 0.2) is 0 Å². The summed E-state index contributed by atoms with van der Waals surface area (Å²) in [6.07, 6.45) is 0. The van der Waals surface area contributed by atoms with Crippen LogP contribution in [0.1, 0.15) is 27.7 Å². The molecule has 1 atom stereocenters. The third kappa shape index (κ3) is 3.69. The van der Waals surface area contributed by atoms with Crippen LogP contribution in [0.15, 0.2) is 9.59 Å². The number of amides is 1. The van der Waals surface area contributed by atoms with Crippen LogP contribution in [0.4, 0.5) is 5.82 Å². The number of aryl methyl sites for hydroxylation is 1. The highest BCUT2D eigenvalue weighted by Gasteiger charge is 2.21. The highest BCUT2D eigenvalue weighted by Crippen LogP contribution is 2.01. The van der Waals surface area contributed by atoms with E-state index >= 15 is 0 Å². The van der Waals surface area contributed by atoms with Crippen LogP contribution < -0.4 is 21.9 Å². The molecule has 1 amide bonds. The van der Waals surface area contributed by atoms with Crippen molar-refractivity contribution < 1.29 is 4.79 Å². The van der Waals surface area contributed by atoms with Gasteiger partial charge in [-0.2, -0.15) is 0 Å². The van der Waals surface area contributed by atoms with Crippen molar-refractivity contribution in [2.75, 3.05) is 5.32 Å². The van der Waals surface area contributed by atoms with E-state index < -0.39 is 17.3 Å². The monoisotopic (exact) mass is 283 g/mol. The second-order valence-electron chi connectivity index (χ2n) is 5.72. The molecule has 0 aliphatic carbocycles. The summed E-state index contributed by atoms with van der Waals surface area (Å²) in [6, 6.07) is -0.646. The number of nitrogens with zero attached hydrogens (tertiary/aromatic N) is 3. The summed E-state index contributed by atoms with van der Waals surface area (Å²) >= 11 is 0. The van der Waals surface area contributed by atoms with E-state index in [1.807, 2.05) is 20.8 Å². The Morgan fingerprint density at radius 3 is 2.30 bits per heavy atom. The highest BCUT2D eigenvalue weighted by atomic mass is 16.2. The molecule has 0 saturated carbocycles. The molecule has 0 radical (unpaired) electrons. The van der Waals surface area contributed by atoms with Crippen molar-refractivity contribution >= 4 is 11.7 Å². The van der Waals surface area contributed by atoms with Gasteiger partial charge in [-0.25, -0.2) is 9.48 Å². The van der Waals surface area contributed by atoms with Crippen molar-refractivity contribution in [3.63, 3.8) is 0 Å². The standard InChI is InChI=1S/C12H21N5O3/c1-7(9(18)14-12(2,3)4)13-8-10(19)16(5)11(20)17(6)15-8/h7H,1-6H3,(H,13,15)(H,14,18). The fourth-order valence-corrected chi connectivity index (χ4v) is 1.54. The van der Waals surface area contributed by atoms with Gasteiger partial charge in [0, 0.05) is 19.6 Å². The van der Waals surface area contributed by atoms with Crippen molar-refractivity contribution in [1.82, 2.24) is 19.7 Å². The maximum absolute atomic E-state index is 11.9. The molecule has 0 bridgehead atoms. The fraction of sp³-hybridized carbons (Fsp3) is 0.667. The Labute approximate surface area is 116 Å². The molecular weight excluding hydrogens is 262 g/mol. The fourth-order valence-electron chi connectivity index (χ4n) is 1.54. The van der Waals surface area contributed by atoms with Gasteiger partial charge in [0.05, 0.1) is 0 Å². The van der Waals surface area contributed by atoms with Crippen molar-refractivity contribution in [3.05, 3.63) is 20.8 Å². The largest absolute Gasteiger partial charge is 0.353 e. The summed E-state index contributed by atoms with van der Waals surface area (Å²) in [6.45, 7) is 7.21. The molecule has 0 fully saturated rings. The first-order chi connectivity index (χ1) is 9.03. The Kier molecular flexibility index (Phi) is 4.36. The quantitative estimate of drug-likeness (QED) is 0.756. The molecule has 20 heavy (non-hydrogen) atoms. The van der Waals surface area contributed by atoms with Gasteiger partial charge < -0.3 is 10.6 Å². The Morgan fingerprint density at radius 2 is 1.80 bits per heavy atom. The van der Waals surface area contributed by atoms with Gasteiger partial charge in [-0.15, -0.1) is 5.10 Å². The topological polar surface area (TPSA) is 98.0 Å². The molecule has 1 unspecified atom stereocenters. The molecule has 1 heterocycles. The summed E-state index contributed by atoms with van der Waals surface area (Å²) in [4.78, 5) is 35.3. The van der Waals surface area contributed by atoms with Crippen LogP contribution in [0.2, 0.25) is 0 Å². The number of hydrogen-bond donors (Lipinski definition) is 2. The van der Waals surface area contributed by atoms with Crippen LogP contribution in [0, 0.1) is 0 Å². The average Bonchev–Trinajstić information content (AvgIpc) is 2.31. The Balaban J connectivity index is 2.98. The Hall–Kier alpha value is -2.12. The summed E-state index contributed by atoms with van der Waals surface area (Å²) < 4.78 is 1.97. The van der Waals surface area contributed by atoms with Crippen molar-refractivity contribution in [2.45, 2.75) is 39.3 Å². The lowest BCUT2D eigenvalue weighted by Gasteiger charge is -2.23. The molecule has 2 N–H and O–H groups in total. The minimum atomic E-state index is -0.646. The van der Waals surface area contributed by atoms with E-state index in [9.17, 15) is 14.4 Å². The van der Waals surface area contributed by atoms with Gasteiger partial charge in [0.1, 0.15) is 6.04 Å². The molecule has 8 nitrogen and oxygen atoms in total. The first-order valence-corrected chi connectivity index (χ1v) is 6.26. The molecule has 1 rings (SSSR count). The van der Waals surface area contributed by atoms with Gasteiger partial charge in [0.25, 0.3) is 5.56 Å². The molecule has 1 aromatic rings. The molecule has 112 valence electrons. The zero-order valence-electron chi connectivity index (χ0n) is 12.6. The minimum Gasteiger partial charge on any atom is -0.353 e. The van der Waals surface area contributed by atoms with Gasteiger partial charge in [-0.1, -0.05) is 0 Å². The van der Waals surface area contributed by atoms with Crippen LogP contribution in [0.25, 0.3) is 0 Å². The Morgan fingerprint density at radius 1 is 1.25 bits per heavy atom. The van der Waals surface area contributed by atoms with Crippen LogP contribution in [-0.2, 0) is 18.9 Å². The predicted octanol–water partition coefficient (Wildman–Crippen LogP) is -0.806. The van der Waals surface area contributed by atoms with Crippen LogP contribution in [-0.4, -0.2) is 31.8 Å². The number of aromatic nitrogens is 3. The smallest absolute Gasteiger partial charge is 0.346 e. The van der Waals surface area contributed by atoms with E-state index in [-0.39, 0.29) is 17.3 Å². The normalized spacial score (nSPS) is 12.9. The summed E-state index contributed by atoms with van der Waals surface area (Å²) in [7, 11) is 2.80. The molecule has 0 aliphatic heterocycles. The molecule has 8 heteroatoms. The van der Waals surface area contributed by atoms with Crippen LogP contribution in [0.3, 0.4) is 0 Å². The highest BCUT2D eigenvalue weighted by molar-refractivity contribution is 5.84. The summed E-state index contributed by atoms with van der Waals surface area (Å²) in [5.74, 6) is -0.290. The molecule has 1 aromatic heterocycles. The van der Waals surface area contributed by atoms with E-state index in [0.717, 1.165) is 9.25 Å². The first-order valence-electron chi connectivity index (χ1n) is 6.26. The van der Waals surface area contributed by atoms with Gasteiger partial charge in [0.2, 0.25) is 11.7 Å². The van der Waals surface area contributed by atoms with Crippen LogP contribution in [0.5, 0.6) is 0 Å². The molecule has 0 spiro atoms. The van der Waals surface area contributed by atoms with E-state index in [2.05, 4.69) is 15.7 Å². The Bertz CT molecular complexity index is 623. The second kappa shape index (κ2) is 5.48. The zero-order valence-corrected chi connectivity index (χ0v) is 12.6. The SMILES string of the molecule is CC(Nc1nn(C)c(=O)n(C)c1=O)C(=O)NC(C)(C)C. The number of nitrogens with one attached hydrogen (secondary N) is 2. The first kappa shape index (κ1) is 15.9. The predicted molar refractivity (Wildman–Crippen MR) is 75.7 cm³/mol. The van der Waals surface area contributed by atoms with E-state index in [1.54, 1.807) is 6.92 Å². The van der Waals surface area contributed by atoms with Gasteiger partial charge in [-0.05, 0) is 27.7 Å². The van der Waals surface area contributed by atoms with Crippen molar-refractivity contribution in [3.8, 4) is 0 Å². The third-order valence-corrected chi connectivity index (χ3v) is 2.57. The minimum absolute atomic E-state index is 0.0360. The van der Waals surface area contributed by atoms with Crippen molar-refractivity contribution in [2.24, 2.45) is 14.1 Å². The van der Waals surface area contributed by atoms with Gasteiger partial charge in [-0.3, -0.25) is 14.2 Å². The van der Waals surface area contributed by atoms with E-state index in [4.69, 9.17) is 0 Å². The maximum atomic E-state index is 11.9. The third-order valence-electron chi connectivity index (χ3n) is 2.57. The second-order valence-corrected chi connectivity index (χ2v) is 5.72. The lowest BCUT2D eigenvalue weighted by molar-refractivity contribution is -0.122.